The van der Waals surface area contributed by atoms with E-state index in [1.807, 2.05) is 44.3 Å². The van der Waals surface area contributed by atoms with Crippen molar-refractivity contribution in [3.63, 3.8) is 0 Å². The maximum atomic E-state index is 12.5. The van der Waals surface area contributed by atoms with Gasteiger partial charge in [-0.25, -0.2) is 4.79 Å². The number of ether oxygens (including phenoxy) is 1. The largest absolute Gasteiger partial charge is 0.449 e. The van der Waals surface area contributed by atoms with Crippen molar-refractivity contribution in [3.8, 4) is 0 Å². The SMILES string of the molecule is CC=N/C(=C\C)CN1CCc2ccc(N(C)C(=O)OCCCc3ccncc3)cc21. The lowest BCUT2D eigenvalue weighted by Gasteiger charge is -2.22. The van der Waals surface area contributed by atoms with Gasteiger partial charge in [0.15, 0.2) is 0 Å². The van der Waals surface area contributed by atoms with Gasteiger partial charge in [0.2, 0.25) is 0 Å². The first kappa shape index (κ1) is 21.6. The molecule has 2 heterocycles. The van der Waals surface area contributed by atoms with E-state index in [9.17, 15) is 4.79 Å². The van der Waals surface area contributed by atoms with Crippen LogP contribution in [0.1, 0.15) is 31.4 Å². The second kappa shape index (κ2) is 10.6. The van der Waals surface area contributed by atoms with Crippen LogP contribution in [-0.2, 0) is 17.6 Å². The number of allylic oxidation sites excluding steroid dienone is 1. The highest BCUT2D eigenvalue weighted by atomic mass is 16.6. The first-order chi connectivity index (χ1) is 14.6. The molecule has 3 rings (SSSR count). The molecule has 0 saturated carbocycles. The molecular formula is C24H30N4O2. The quantitative estimate of drug-likeness (QED) is 0.473. The molecular weight excluding hydrogens is 376 g/mol. The minimum absolute atomic E-state index is 0.334. The normalized spacial score (nSPS) is 13.6. The Hall–Kier alpha value is -3.15. The highest BCUT2D eigenvalue weighted by Crippen LogP contribution is 2.32. The third-order valence-corrected chi connectivity index (χ3v) is 5.29. The Morgan fingerprint density at radius 1 is 1.27 bits per heavy atom. The van der Waals surface area contributed by atoms with Crippen molar-refractivity contribution in [1.82, 2.24) is 4.98 Å². The first-order valence-corrected chi connectivity index (χ1v) is 10.4. The number of aryl methyl sites for hydroxylation is 1. The summed E-state index contributed by atoms with van der Waals surface area (Å²) in [7, 11) is 1.75. The lowest BCUT2D eigenvalue weighted by molar-refractivity contribution is 0.153. The van der Waals surface area contributed by atoms with Crippen LogP contribution in [-0.4, -0.2) is 44.0 Å². The second-order valence-electron chi connectivity index (χ2n) is 7.28. The van der Waals surface area contributed by atoms with Gasteiger partial charge in [0.1, 0.15) is 0 Å². The average molecular weight is 407 g/mol. The van der Waals surface area contributed by atoms with E-state index < -0.39 is 0 Å². The predicted octanol–water partition coefficient (Wildman–Crippen LogP) is 4.64. The summed E-state index contributed by atoms with van der Waals surface area (Å²) in [6.07, 6.45) is 9.73. The monoisotopic (exact) mass is 406 g/mol. The summed E-state index contributed by atoms with van der Waals surface area (Å²) in [4.78, 5) is 24.8. The molecule has 6 heteroatoms. The van der Waals surface area contributed by atoms with Crippen LogP contribution in [0.25, 0.3) is 0 Å². The number of carbonyl (C=O) groups excluding carboxylic acids is 1. The molecule has 1 aromatic carbocycles. The summed E-state index contributed by atoms with van der Waals surface area (Å²) in [5, 5.41) is 0. The maximum Gasteiger partial charge on any atom is 0.414 e. The third kappa shape index (κ3) is 5.47. The van der Waals surface area contributed by atoms with E-state index in [1.54, 1.807) is 24.3 Å². The number of aromatic nitrogens is 1. The number of hydrogen-bond donors (Lipinski definition) is 0. The molecule has 1 amide bonds. The average Bonchev–Trinajstić information content (AvgIpc) is 3.18. The molecule has 2 aromatic rings. The van der Waals surface area contributed by atoms with Crippen LogP contribution in [0.15, 0.2) is 59.5 Å². The predicted molar refractivity (Wildman–Crippen MR) is 123 cm³/mol. The van der Waals surface area contributed by atoms with Crippen molar-refractivity contribution in [2.24, 2.45) is 4.99 Å². The van der Waals surface area contributed by atoms with Gasteiger partial charge in [0, 0.05) is 43.6 Å². The minimum Gasteiger partial charge on any atom is -0.449 e. The number of amides is 1. The van der Waals surface area contributed by atoms with Crippen LogP contribution in [0.3, 0.4) is 0 Å². The molecule has 0 N–H and O–H groups in total. The molecule has 0 aliphatic carbocycles. The Morgan fingerprint density at radius 2 is 2.07 bits per heavy atom. The van der Waals surface area contributed by atoms with Gasteiger partial charge in [-0.15, -0.1) is 0 Å². The van der Waals surface area contributed by atoms with Crippen LogP contribution < -0.4 is 9.80 Å². The topological polar surface area (TPSA) is 58.0 Å². The standard InChI is InChI=1S/C24H30N4O2/c1-4-21(26-5-2)18-28-15-12-20-8-9-22(17-23(20)28)27(3)24(29)30-16-6-7-19-10-13-25-14-11-19/h4-5,8-11,13-14,17H,6-7,12,15-16,18H2,1-3H3/b21-4-,26-5?. The number of pyridine rings is 1. The Labute approximate surface area is 178 Å². The zero-order valence-corrected chi connectivity index (χ0v) is 18.0. The summed E-state index contributed by atoms with van der Waals surface area (Å²) in [6, 6.07) is 10.1. The summed E-state index contributed by atoms with van der Waals surface area (Å²) < 4.78 is 5.47. The number of carbonyl (C=O) groups is 1. The molecule has 0 fully saturated rings. The molecule has 0 bridgehead atoms. The molecule has 0 atom stereocenters. The van der Waals surface area contributed by atoms with Gasteiger partial charge in [-0.3, -0.25) is 14.9 Å². The van der Waals surface area contributed by atoms with Crippen LogP contribution in [0.5, 0.6) is 0 Å². The first-order valence-electron chi connectivity index (χ1n) is 10.4. The highest BCUT2D eigenvalue weighted by molar-refractivity contribution is 5.88. The molecule has 158 valence electrons. The van der Waals surface area contributed by atoms with Gasteiger partial charge < -0.3 is 9.64 Å². The Balaban J connectivity index is 1.57. The van der Waals surface area contributed by atoms with Crippen LogP contribution >= 0.6 is 0 Å². The van der Waals surface area contributed by atoms with E-state index in [-0.39, 0.29) is 6.09 Å². The highest BCUT2D eigenvalue weighted by Gasteiger charge is 2.22. The van der Waals surface area contributed by atoms with Crippen molar-refractivity contribution in [3.05, 3.63) is 65.6 Å². The summed E-state index contributed by atoms with van der Waals surface area (Å²) in [5.41, 5.74) is 5.53. The fraction of sp³-hybridized carbons (Fsp3) is 0.375. The maximum absolute atomic E-state index is 12.5. The summed E-state index contributed by atoms with van der Waals surface area (Å²) in [6.45, 7) is 6.05. The van der Waals surface area contributed by atoms with Gasteiger partial charge in [-0.2, -0.15) is 0 Å². The van der Waals surface area contributed by atoms with Crippen LogP contribution in [0.4, 0.5) is 16.2 Å². The number of hydrogen-bond acceptors (Lipinski definition) is 5. The van der Waals surface area contributed by atoms with Crippen molar-refractivity contribution < 1.29 is 9.53 Å². The van der Waals surface area contributed by atoms with E-state index in [0.29, 0.717) is 6.61 Å². The van der Waals surface area contributed by atoms with E-state index in [1.165, 1.54) is 11.1 Å². The van der Waals surface area contributed by atoms with E-state index in [2.05, 4.69) is 27.0 Å². The lowest BCUT2D eigenvalue weighted by Crippen LogP contribution is -2.28. The third-order valence-electron chi connectivity index (χ3n) is 5.29. The number of aliphatic imine (C=N–C) groups is 1. The molecule has 6 nitrogen and oxygen atoms in total. The van der Waals surface area contributed by atoms with Crippen molar-refractivity contribution >= 4 is 23.7 Å². The van der Waals surface area contributed by atoms with Gasteiger partial charge in [-0.1, -0.05) is 12.1 Å². The summed E-state index contributed by atoms with van der Waals surface area (Å²) >= 11 is 0. The van der Waals surface area contributed by atoms with E-state index in [4.69, 9.17) is 4.74 Å². The Bertz CT molecular complexity index is 909. The molecule has 0 radical (unpaired) electrons. The minimum atomic E-state index is -0.334. The fourth-order valence-electron chi connectivity index (χ4n) is 3.56. The number of rotatable bonds is 8. The fourth-order valence-corrected chi connectivity index (χ4v) is 3.56. The number of fused-ring (bicyclic) bond motifs is 1. The smallest absolute Gasteiger partial charge is 0.414 e. The molecule has 0 unspecified atom stereocenters. The Morgan fingerprint density at radius 3 is 2.80 bits per heavy atom. The van der Waals surface area contributed by atoms with E-state index in [0.717, 1.165) is 49.4 Å². The second-order valence-corrected chi connectivity index (χ2v) is 7.28. The van der Waals surface area contributed by atoms with Crippen LogP contribution in [0, 0.1) is 0 Å². The summed E-state index contributed by atoms with van der Waals surface area (Å²) in [5.74, 6) is 0. The number of nitrogens with zero attached hydrogens (tertiary/aromatic N) is 4. The lowest BCUT2D eigenvalue weighted by atomic mass is 10.1. The number of benzene rings is 1. The number of anilines is 2. The van der Waals surface area contributed by atoms with E-state index >= 15 is 0 Å². The zero-order valence-electron chi connectivity index (χ0n) is 18.0. The van der Waals surface area contributed by atoms with Crippen LogP contribution in [0.2, 0.25) is 0 Å². The Kier molecular flexibility index (Phi) is 7.60. The molecule has 1 aliphatic heterocycles. The van der Waals surface area contributed by atoms with Gasteiger partial charge in [-0.05, 0) is 68.5 Å². The van der Waals surface area contributed by atoms with Gasteiger partial charge in [0.05, 0.1) is 18.8 Å². The molecule has 0 saturated heterocycles. The van der Waals surface area contributed by atoms with Crippen molar-refractivity contribution in [2.75, 3.05) is 36.5 Å². The van der Waals surface area contributed by atoms with Gasteiger partial charge >= 0.3 is 6.09 Å². The molecule has 1 aromatic heterocycles. The zero-order chi connectivity index (χ0) is 21.3. The van der Waals surface area contributed by atoms with Crippen molar-refractivity contribution in [1.29, 1.82) is 0 Å². The molecule has 1 aliphatic rings. The molecule has 0 spiro atoms. The van der Waals surface area contributed by atoms with Gasteiger partial charge in [0.25, 0.3) is 0 Å². The van der Waals surface area contributed by atoms with Crippen molar-refractivity contribution in [2.45, 2.75) is 33.1 Å². The molecule has 30 heavy (non-hydrogen) atoms.